The van der Waals surface area contributed by atoms with Crippen LogP contribution in [0.3, 0.4) is 0 Å². The van der Waals surface area contributed by atoms with Crippen LogP contribution in [0, 0.1) is 12.3 Å². The molecule has 6 rings (SSSR count). The summed E-state index contributed by atoms with van der Waals surface area (Å²) in [5.41, 5.74) is 14.7. The van der Waals surface area contributed by atoms with E-state index in [-0.39, 0.29) is 28.5 Å². The minimum atomic E-state index is -4.82. The van der Waals surface area contributed by atoms with Gasteiger partial charge in [-0.25, -0.2) is 4.68 Å². The van der Waals surface area contributed by atoms with Gasteiger partial charge in [0.15, 0.2) is 0 Å². The maximum atomic E-state index is 14.8. The Kier molecular flexibility index (Phi) is 8.33. The molecule has 0 amide bonds. The molecule has 4 heterocycles. The molecule has 242 valence electrons. The van der Waals surface area contributed by atoms with Gasteiger partial charge in [0.05, 0.1) is 11.4 Å². The average molecular weight is 637 g/mol. The van der Waals surface area contributed by atoms with Crippen molar-refractivity contribution < 1.29 is 27.8 Å². The highest BCUT2D eigenvalue weighted by atomic mass is 19.4. The van der Waals surface area contributed by atoms with Crippen molar-refractivity contribution in [2.24, 2.45) is 11.1 Å². The molecular formula is C32H35F3N8O3. The largest absolute Gasteiger partial charge is 0.480 e. The van der Waals surface area contributed by atoms with Gasteiger partial charge in [0.2, 0.25) is 17.9 Å². The van der Waals surface area contributed by atoms with Crippen molar-refractivity contribution in [2.75, 3.05) is 30.3 Å². The number of ether oxygens (including phenoxy) is 1. The topological polar surface area (TPSA) is 157 Å². The Bertz CT molecular complexity index is 1720. The smallest absolute Gasteiger partial charge is 0.429 e. The van der Waals surface area contributed by atoms with Gasteiger partial charge in [0, 0.05) is 44.0 Å². The molecule has 2 fully saturated rings. The summed E-state index contributed by atoms with van der Waals surface area (Å²) < 4.78 is 51.5. The van der Waals surface area contributed by atoms with Crippen LogP contribution >= 0.6 is 0 Å². The number of alkyl halides is 3. The maximum Gasteiger partial charge on any atom is 0.429 e. The normalized spacial score (nSPS) is 18.5. The lowest BCUT2D eigenvalue weighted by Gasteiger charge is -2.39. The number of piperidine rings is 1. The van der Waals surface area contributed by atoms with Crippen molar-refractivity contribution in [3.05, 3.63) is 77.6 Å². The van der Waals surface area contributed by atoms with E-state index in [1.54, 1.807) is 31.3 Å². The van der Waals surface area contributed by atoms with Crippen LogP contribution in [-0.4, -0.2) is 62.7 Å². The molecule has 2 atom stereocenters. The van der Waals surface area contributed by atoms with Gasteiger partial charge in [-0.15, -0.1) is 0 Å². The number of nitrogen functional groups attached to an aromatic ring is 1. The Morgan fingerprint density at radius 1 is 1.11 bits per heavy atom. The van der Waals surface area contributed by atoms with Crippen molar-refractivity contribution in [3.8, 4) is 22.7 Å². The average Bonchev–Trinajstić information content (AvgIpc) is 3.66. The Morgan fingerprint density at radius 3 is 2.43 bits per heavy atom. The minimum Gasteiger partial charge on any atom is -0.480 e. The summed E-state index contributed by atoms with van der Waals surface area (Å²) in [6.07, 6.45) is -3.70. The van der Waals surface area contributed by atoms with E-state index < -0.39 is 24.3 Å². The number of nitrogens with zero attached hydrogens (tertiary/aromatic N) is 5. The molecule has 46 heavy (non-hydrogen) atoms. The predicted molar refractivity (Wildman–Crippen MR) is 165 cm³/mol. The molecule has 2 aliphatic heterocycles. The Balaban J connectivity index is 1.30. The molecule has 14 heteroatoms. The van der Waals surface area contributed by atoms with Crippen LogP contribution in [0.4, 0.5) is 24.9 Å². The number of hydrogen-bond acceptors (Lipinski definition) is 9. The number of carboxylic acids is 1. The number of rotatable bonds is 8. The second kappa shape index (κ2) is 12.2. The van der Waals surface area contributed by atoms with Crippen LogP contribution in [0.15, 0.2) is 60.8 Å². The van der Waals surface area contributed by atoms with Crippen LogP contribution < -0.4 is 26.4 Å². The van der Waals surface area contributed by atoms with Gasteiger partial charge < -0.3 is 31.5 Å². The SMILES string of the molecule is Cc1ccn(-c2cc(-c3ccc(CN)cc3)ccc2[C@@H](Oc2cc(N3CCC4(CC3)CN[C@H](C(=O)O)C4)nc(N)n2)C(F)(F)F)n1. The molecule has 2 aromatic heterocycles. The summed E-state index contributed by atoms with van der Waals surface area (Å²) in [6.45, 7) is 3.79. The lowest BCUT2D eigenvalue weighted by Crippen LogP contribution is -2.41. The van der Waals surface area contributed by atoms with Gasteiger partial charge in [-0.2, -0.15) is 28.2 Å². The van der Waals surface area contributed by atoms with Crippen LogP contribution in [0.1, 0.15) is 42.2 Å². The number of nitrogens with one attached hydrogen (secondary N) is 1. The van der Waals surface area contributed by atoms with E-state index in [1.807, 2.05) is 29.2 Å². The molecule has 1 spiro atoms. The zero-order chi connectivity index (χ0) is 32.6. The quantitative estimate of drug-likeness (QED) is 0.219. The molecule has 6 N–H and O–H groups in total. The monoisotopic (exact) mass is 636 g/mol. The number of halogens is 3. The van der Waals surface area contributed by atoms with Gasteiger partial charge in [-0.1, -0.05) is 36.4 Å². The zero-order valence-corrected chi connectivity index (χ0v) is 25.2. The van der Waals surface area contributed by atoms with Crippen molar-refractivity contribution >= 4 is 17.7 Å². The molecule has 0 unspecified atom stereocenters. The summed E-state index contributed by atoms with van der Waals surface area (Å²) in [5.74, 6) is -1.06. The van der Waals surface area contributed by atoms with Crippen molar-refractivity contribution in [1.29, 1.82) is 0 Å². The van der Waals surface area contributed by atoms with Crippen LogP contribution in [0.2, 0.25) is 0 Å². The first-order valence-corrected chi connectivity index (χ1v) is 15.0. The van der Waals surface area contributed by atoms with E-state index in [0.717, 1.165) is 11.1 Å². The summed E-state index contributed by atoms with van der Waals surface area (Å²) in [7, 11) is 0. The number of anilines is 2. The van der Waals surface area contributed by atoms with Crippen molar-refractivity contribution in [2.45, 2.75) is 51.1 Å². The molecule has 2 aromatic carbocycles. The Labute approximate surface area is 263 Å². The number of carboxylic acid groups (broad SMARTS) is 1. The summed E-state index contributed by atoms with van der Waals surface area (Å²) in [6, 6.07) is 14.6. The second-order valence-corrected chi connectivity index (χ2v) is 12.0. The van der Waals surface area contributed by atoms with Gasteiger partial charge >= 0.3 is 12.1 Å². The van der Waals surface area contributed by atoms with E-state index in [2.05, 4.69) is 20.4 Å². The fourth-order valence-corrected chi connectivity index (χ4v) is 6.29. The molecule has 2 saturated heterocycles. The summed E-state index contributed by atoms with van der Waals surface area (Å²) in [4.78, 5) is 21.6. The summed E-state index contributed by atoms with van der Waals surface area (Å²) >= 11 is 0. The van der Waals surface area contributed by atoms with Crippen LogP contribution in [-0.2, 0) is 11.3 Å². The fourth-order valence-electron chi connectivity index (χ4n) is 6.29. The first kappa shape index (κ1) is 31.3. The Hall–Kier alpha value is -4.69. The predicted octanol–water partition coefficient (Wildman–Crippen LogP) is 4.39. The van der Waals surface area contributed by atoms with E-state index in [9.17, 15) is 23.1 Å². The van der Waals surface area contributed by atoms with Crippen LogP contribution in [0.5, 0.6) is 5.88 Å². The van der Waals surface area contributed by atoms with Gasteiger partial charge in [0.1, 0.15) is 11.9 Å². The standard InChI is InChI=1S/C32H35F3N8O3/c1-19-8-11-43(41-19)25-14-22(21-4-2-20(17-36)3-5-21)6-7-23(25)28(32(33,34)35)46-27-15-26(39-30(37)40-27)42-12-9-31(10-13-42)16-24(29(44)45)38-18-31/h2-8,11,14-15,24,28,38H,9-10,12-13,16-18,36H2,1H3,(H,44,45)(H2,37,39,40)/t24-,28+/m0/s1. The molecule has 0 saturated carbocycles. The van der Waals surface area contributed by atoms with Crippen LogP contribution in [0.25, 0.3) is 16.8 Å². The number of aromatic nitrogens is 4. The van der Waals surface area contributed by atoms with Crippen molar-refractivity contribution in [3.63, 3.8) is 0 Å². The molecule has 4 aromatic rings. The highest BCUT2D eigenvalue weighted by Crippen LogP contribution is 2.42. The molecule has 2 aliphatic rings. The zero-order valence-electron chi connectivity index (χ0n) is 25.2. The lowest BCUT2D eigenvalue weighted by atomic mass is 9.76. The number of aliphatic carboxylic acids is 1. The summed E-state index contributed by atoms with van der Waals surface area (Å²) in [5, 5.41) is 16.9. The molecule has 0 radical (unpaired) electrons. The first-order chi connectivity index (χ1) is 21.9. The highest BCUT2D eigenvalue weighted by molar-refractivity contribution is 5.74. The molecule has 0 aliphatic carbocycles. The number of carbonyl (C=O) groups is 1. The second-order valence-electron chi connectivity index (χ2n) is 12.0. The molecule has 11 nitrogen and oxygen atoms in total. The van der Waals surface area contributed by atoms with E-state index >= 15 is 0 Å². The third kappa shape index (κ3) is 6.49. The Morgan fingerprint density at radius 2 is 1.83 bits per heavy atom. The first-order valence-electron chi connectivity index (χ1n) is 15.0. The number of aryl methyl sites for hydroxylation is 1. The number of benzene rings is 2. The van der Waals surface area contributed by atoms with Gasteiger partial charge in [-0.3, -0.25) is 4.79 Å². The maximum absolute atomic E-state index is 14.8. The third-order valence-corrected chi connectivity index (χ3v) is 8.85. The van der Waals surface area contributed by atoms with E-state index in [4.69, 9.17) is 16.2 Å². The van der Waals surface area contributed by atoms with Gasteiger partial charge in [0.25, 0.3) is 0 Å². The lowest BCUT2D eigenvalue weighted by molar-refractivity contribution is -0.198. The molecular weight excluding hydrogens is 601 g/mol. The fraction of sp³-hybridized carbons (Fsp3) is 0.375. The number of nitrogens with two attached hydrogens (primary N) is 2. The van der Waals surface area contributed by atoms with E-state index in [0.29, 0.717) is 62.5 Å². The van der Waals surface area contributed by atoms with Crippen molar-refractivity contribution in [1.82, 2.24) is 25.1 Å². The highest BCUT2D eigenvalue weighted by Gasteiger charge is 2.46. The van der Waals surface area contributed by atoms with Gasteiger partial charge in [-0.05, 0) is 60.4 Å². The van der Waals surface area contributed by atoms with E-state index in [1.165, 1.54) is 16.8 Å². The number of hydrogen-bond donors (Lipinski definition) is 4. The third-order valence-electron chi connectivity index (χ3n) is 8.85. The molecule has 0 bridgehead atoms. The minimum absolute atomic E-state index is 0.154.